The summed E-state index contributed by atoms with van der Waals surface area (Å²) in [5.41, 5.74) is 0.0510. The van der Waals surface area contributed by atoms with Gasteiger partial charge >= 0.3 is 5.97 Å². The Balaban J connectivity index is 2.06. The van der Waals surface area contributed by atoms with Crippen molar-refractivity contribution in [2.75, 3.05) is 26.7 Å². The number of methoxy groups -OCH3 is 1. The lowest BCUT2D eigenvalue weighted by Crippen LogP contribution is -2.28. The van der Waals surface area contributed by atoms with Crippen LogP contribution in [0.25, 0.3) is 0 Å². The van der Waals surface area contributed by atoms with Crippen LogP contribution in [-0.2, 0) is 14.8 Å². The molecule has 1 atom stereocenters. The van der Waals surface area contributed by atoms with Gasteiger partial charge < -0.3 is 10.1 Å². The highest BCUT2D eigenvalue weighted by Gasteiger charge is 2.23. The monoisotopic (exact) mass is 312 g/mol. The van der Waals surface area contributed by atoms with Gasteiger partial charge in [-0.2, -0.15) is 0 Å². The number of carbonyl (C=O) groups excluding carboxylic acids is 1. The summed E-state index contributed by atoms with van der Waals surface area (Å²) in [5, 5.41) is 3.24. The van der Waals surface area contributed by atoms with Gasteiger partial charge in [-0.1, -0.05) is 12.1 Å². The first-order valence-electron chi connectivity index (χ1n) is 6.92. The fourth-order valence-corrected chi connectivity index (χ4v) is 3.66. The molecule has 0 amide bonds. The quantitative estimate of drug-likeness (QED) is 0.757. The summed E-state index contributed by atoms with van der Waals surface area (Å²) in [6.45, 7) is 2.28. The average molecular weight is 312 g/mol. The molecular formula is C14H20N2O4S. The number of rotatable bonds is 6. The Morgan fingerprint density at radius 1 is 1.43 bits per heavy atom. The molecule has 1 saturated heterocycles. The molecule has 1 heterocycles. The van der Waals surface area contributed by atoms with Gasteiger partial charge in [0.25, 0.3) is 0 Å². The first kappa shape index (κ1) is 15.9. The molecular weight excluding hydrogens is 292 g/mol. The largest absolute Gasteiger partial charge is 0.465 e. The maximum Gasteiger partial charge on any atom is 0.339 e. The van der Waals surface area contributed by atoms with Crippen molar-refractivity contribution in [2.24, 2.45) is 5.92 Å². The minimum atomic E-state index is -3.71. The zero-order chi connectivity index (χ0) is 15.3. The normalized spacial score (nSPS) is 18.6. The molecule has 2 rings (SSSR count). The van der Waals surface area contributed by atoms with Gasteiger partial charge in [0.15, 0.2) is 0 Å². The standard InChI is InChI=1S/C14H20N2O4S/c1-20-14(17)12-4-2-3-5-13(12)21(18,19)16-9-7-11-6-8-15-10-11/h2-5,11,15-16H,6-10H2,1H3. The van der Waals surface area contributed by atoms with Crippen LogP contribution in [-0.4, -0.2) is 41.1 Å². The van der Waals surface area contributed by atoms with E-state index in [-0.39, 0.29) is 10.5 Å². The number of nitrogens with one attached hydrogen (secondary N) is 2. The number of benzene rings is 1. The summed E-state index contributed by atoms with van der Waals surface area (Å²) in [7, 11) is -2.48. The molecule has 21 heavy (non-hydrogen) atoms. The van der Waals surface area contributed by atoms with E-state index in [1.54, 1.807) is 12.1 Å². The molecule has 0 radical (unpaired) electrons. The van der Waals surface area contributed by atoms with Crippen LogP contribution in [0.3, 0.4) is 0 Å². The third-order valence-electron chi connectivity index (χ3n) is 3.59. The second-order valence-electron chi connectivity index (χ2n) is 5.03. The van der Waals surface area contributed by atoms with Crippen LogP contribution in [0.5, 0.6) is 0 Å². The molecule has 0 bridgehead atoms. The third kappa shape index (κ3) is 4.03. The van der Waals surface area contributed by atoms with Gasteiger partial charge in [0.1, 0.15) is 0 Å². The molecule has 6 nitrogen and oxygen atoms in total. The van der Waals surface area contributed by atoms with Crippen LogP contribution in [0.1, 0.15) is 23.2 Å². The average Bonchev–Trinajstić information content (AvgIpc) is 2.99. The molecule has 7 heteroatoms. The molecule has 0 spiro atoms. The van der Waals surface area contributed by atoms with Crippen molar-refractivity contribution < 1.29 is 17.9 Å². The van der Waals surface area contributed by atoms with E-state index in [9.17, 15) is 13.2 Å². The maximum absolute atomic E-state index is 12.3. The molecule has 0 aromatic heterocycles. The number of hydrogen-bond acceptors (Lipinski definition) is 5. The van der Waals surface area contributed by atoms with Crippen LogP contribution >= 0.6 is 0 Å². The molecule has 2 N–H and O–H groups in total. The van der Waals surface area contributed by atoms with Gasteiger partial charge in [0, 0.05) is 6.54 Å². The number of hydrogen-bond donors (Lipinski definition) is 2. The van der Waals surface area contributed by atoms with Crippen LogP contribution in [0.4, 0.5) is 0 Å². The highest BCUT2D eigenvalue weighted by Crippen LogP contribution is 2.17. The van der Waals surface area contributed by atoms with Crippen molar-refractivity contribution in [1.82, 2.24) is 10.0 Å². The van der Waals surface area contributed by atoms with Crippen LogP contribution in [0.15, 0.2) is 29.2 Å². The van der Waals surface area contributed by atoms with Crippen LogP contribution in [0, 0.1) is 5.92 Å². The molecule has 116 valence electrons. The van der Waals surface area contributed by atoms with Gasteiger partial charge in [-0.05, 0) is 44.0 Å². The smallest absolute Gasteiger partial charge is 0.339 e. The summed E-state index contributed by atoms with van der Waals surface area (Å²) in [6.07, 6.45) is 1.85. The Bertz CT molecular complexity index is 595. The predicted molar refractivity (Wildman–Crippen MR) is 78.6 cm³/mol. The Labute approximate surface area is 124 Å². The van der Waals surface area contributed by atoms with E-state index < -0.39 is 16.0 Å². The zero-order valence-corrected chi connectivity index (χ0v) is 12.8. The molecule has 0 saturated carbocycles. The van der Waals surface area contributed by atoms with Gasteiger partial charge in [0.2, 0.25) is 10.0 Å². The number of ether oxygens (including phenoxy) is 1. The highest BCUT2D eigenvalue weighted by molar-refractivity contribution is 7.89. The van der Waals surface area contributed by atoms with Crippen molar-refractivity contribution in [2.45, 2.75) is 17.7 Å². The fraction of sp³-hybridized carbons (Fsp3) is 0.500. The Morgan fingerprint density at radius 3 is 2.86 bits per heavy atom. The van der Waals surface area contributed by atoms with Crippen LogP contribution in [0.2, 0.25) is 0 Å². The first-order valence-corrected chi connectivity index (χ1v) is 8.40. The SMILES string of the molecule is COC(=O)c1ccccc1S(=O)(=O)NCCC1CCNC1. The molecule has 1 aromatic rings. The number of sulfonamides is 1. The van der Waals surface area contributed by atoms with Crippen molar-refractivity contribution >= 4 is 16.0 Å². The topological polar surface area (TPSA) is 84.5 Å². The Morgan fingerprint density at radius 2 is 2.19 bits per heavy atom. The lowest BCUT2D eigenvalue weighted by Gasteiger charge is -2.12. The van der Waals surface area contributed by atoms with E-state index in [1.165, 1.54) is 19.2 Å². The summed E-state index contributed by atoms with van der Waals surface area (Å²) < 4.78 is 31.8. The molecule has 1 unspecified atom stereocenters. The maximum atomic E-state index is 12.3. The van der Waals surface area contributed by atoms with Gasteiger partial charge in [-0.15, -0.1) is 0 Å². The van der Waals surface area contributed by atoms with E-state index in [4.69, 9.17) is 0 Å². The molecule has 0 aliphatic carbocycles. The number of esters is 1. The van der Waals surface area contributed by atoms with Crippen molar-refractivity contribution in [1.29, 1.82) is 0 Å². The number of carbonyl (C=O) groups is 1. The van der Waals surface area contributed by atoms with E-state index in [0.29, 0.717) is 12.5 Å². The first-order chi connectivity index (χ1) is 10.0. The minimum absolute atomic E-state index is 0.0404. The fourth-order valence-electron chi connectivity index (χ4n) is 2.42. The van der Waals surface area contributed by atoms with Gasteiger partial charge in [-0.25, -0.2) is 17.9 Å². The van der Waals surface area contributed by atoms with Gasteiger partial charge in [-0.3, -0.25) is 0 Å². The molecule has 1 aromatic carbocycles. The predicted octanol–water partition coefficient (Wildman–Crippen LogP) is 0.751. The summed E-state index contributed by atoms with van der Waals surface area (Å²) in [4.78, 5) is 11.6. The zero-order valence-electron chi connectivity index (χ0n) is 12.0. The minimum Gasteiger partial charge on any atom is -0.465 e. The highest BCUT2D eigenvalue weighted by atomic mass is 32.2. The molecule has 1 fully saturated rings. The van der Waals surface area contributed by atoms with E-state index in [1.807, 2.05) is 0 Å². The van der Waals surface area contributed by atoms with Crippen LogP contribution < -0.4 is 10.0 Å². The van der Waals surface area contributed by atoms with Gasteiger partial charge in [0.05, 0.1) is 17.6 Å². The Kier molecular flexibility index (Phi) is 5.33. The Hall–Kier alpha value is -1.44. The van der Waals surface area contributed by atoms with Crippen molar-refractivity contribution in [3.05, 3.63) is 29.8 Å². The van der Waals surface area contributed by atoms with E-state index >= 15 is 0 Å². The summed E-state index contributed by atoms with van der Waals surface area (Å²) in [6, 6.07) is 6.05. The summed E-state index contributed by atoms with van der Waals surface area (Å²) >= 11 is 0. The third-order valence-corrected chi connectivity index (χ3v) is 5.11. The van der Waals surface area contributed by atoms with Crippen molar-refractivity contribution in [3.8, 4) is 0 Å². The summed E-state index contributed by atoms with van der Waals surface area (Å²) in [5.74, 6) is -0.153. The lowest BCUT2D eigenvalue weighted by atomic mass is 10.1. The molecule has 1 aliphatic rings. The van der Waals surface area contributed by atoms with E-state index in [0.717, 1.165) is 25.9 Å². The van der Waals surface area contributed by atoms with Crippen molar-refractivity contribution in [3.63, 3.8) is 0 Å². The molecule has 1 aliphatic heterocycles. The second-order valence-corrected chi connectivity index (χ2v) is 6.77. The lowest BCUT2D eigenvalue weighted by molar-refractivity contribution is 0.0596. The van der Waals surface area contributed by atoms with E-state index in [2.05, 4.69) is 14.8 Å². The second kappa shape index (κ2) is 7.02.